The van der Waals surface area contributed by atoms with Crippen molar-refractivity contribution in [2.45, 2.75) is 71.8 Å². The van der Waals surface area contributed by atoms with Crippen molar-refractivity contribution < 1.29 is 14.4 Å². The van der Waals surface area contributed by atoms with Crippen LogP contribution in [0, 0.1) is 18.8 Å². The summed E-state index contributed by atoms with van der Waals surface area (Å²) in [4.78, 5) is 47.2. The summed E-state index contributed by atoms with van der Waals surface area (Å²) in [6.45, 7) is 9.81. The molecular weight excluding hydrogens is 400 g/mol. The Balaban J connectivity index is 1.63. The molecule has 3 rings (SSSR count). The molecule has 0 aromatic carbocycles. The maximum Gasteiger partial charge on any atom is 0.325 e. The number of amides is 4. The molecule has 30 heavy (non-hydrogen) atoms. The Morgan fingerprint density at radius 3 is 2.60 bits per heavy atom. The minimum absolute atomic E-state index is 0.0572. The lowest BCUT2D eigenvalue weighted by atomic mass is 9.75. The number of rotatable bonds is 8. The van der Waals surface area contributed by atoms with Gasteiger partial charge < -0.3 is 10.2 Å². The van der Waals surface area contributed by atoms with Crippen molar-refractivity contribution in [1.29, 1.82) is 0 Å². The molecule has 0 unspecified atom stereocenters. The lowest BCUT2D eigenvalue weighted by Crippen LogP contribution is -2.56. The van der Waals surface area contributed by atoms with Crippen LogP contribution in [0.25, 0.3) is 0 Å². The van der Waals surface area contributed by atoms with Gasteiger partial charge in [0.15, 0.2) is 0 Å². The van der Waals surface area contributed by atoms with E-state index in [1.807, 2.05) is 18.7 Å². The topological polar surface area (TPSA) is 82.6 Å². The van der Waals surface area contributed by atoms with Crippen molar-refractivity contribution in [3.05, 3.63) is 16.1 Å². The second kappa shape index (κ2) is 9.45. The van der Waals surface area contributed by atoms with Crippen LogP contribution in [0.3, 0.4) is 0 Å². The summed E-state index contributed by atoms with van der Waals surface area (Å²) in [7, 11) is 0. The second-order valence-electron chi connectivity index (χ2n) is 8.70. The van der Waals surface area contributed by atoms with E-state index in [1.54, 1.807) is 16.8 Å². The molecule has 2 aliphatic heterocycles. The van der Waals surface area contributed by atoms with Crippen molar-refractivity contribution >= 4 is 29.2 Å². The van der Waals surface area contributed by atoms with Crippen LogP contribution in [-0.2, 0) is 16.0 Å². The molecule has 0 aliphatic carbocycles. The number of aryl methyl sites for hydroxylation is 1. The minimum Gasteiger partial charge on any atom is -0.343 e. The van der Waals surface area contributed by atoms with Crippen LogP contribution in [0.15, 0.2) is 5.51 Å². The van der Waals surface area contributed by atoms with Gasteiger partial charge in [-0.25, -0.2) is 9.78 Å². The highest BCUT2D eigenvalue weighted by Crippen LogP contribution is 2.36. The molecule has 166 valence electrons. The first-order valence-corrected chi connectivity index (χ1v) is 12.0. The molecule has 1 N–H and O–H groups in total. The third kappa shape index (κ3) is 4.38. The van der Waals surface area contributed by atoms with Gasteiger partial charge in [-0.15, -0.1) is 11.3 Å². The smallest absolute Gasteiger partial charge is 0.325 e. The Labute approximate surface area is 183 Å². The molecule has 0 spiro atoms. The Morgan fingerprint density at radius 1 is 1.33 bits per heavy atom. The van der Waals surface area contributed by atoms with E-state index < -0.39 is 5.54 Å². The van der Waals surface area contributed by atoms with Crippen LogP contribution in [-0.4, -0.2) is 57.8 Å². The molecule has 2 atom stereocenters. The lowest BCUT2D eigenvalue weighted by molar-refractivity contribution is -0.136. The number of nitrogens with zero attached hydrogens (tertiary/aromatic N) is 3. The van der Waals surface area contributed by atoms with E-state index in [4.69, 9.17) is 0 Å². The SMILES string of the molecule is CC[C@H](C)CC(=O)N1CCC([C@]2(CC)NC(=O)N(CCc3scnc3C)C2=O)CC1. The highest BCUT2D eigenvalue weighted by atomic mass is 32.1. The number of hydrogen-bond donors (Lipinski definition) is 1. The molecule has 1 aromatic heterocycles. The summed E-state index contributed by atoms with van der Waals surface area (Å²) < 4.78 is 0. The van der Waals surface area contributed by atoms with E-state index in [0.717, 1.165) is 29.8 Å². The van der Waals surface area contributed by atoms with Gasteiger partial charge in [-0.05, 0) is 38.0 Å². The first kappa shape index (κ1) is 22.7. The Bertz CT molecular complexity index is 787. The van der Waals surface area contributed by atoms with Crippen molar-refractivity contribution in [1.82, 2.24) is 20.1 Å². The van der Waals surface area contributed by atoms with Gasteiger partial charge in [-0.3, -0.25) is 14.5 Å². The fourth-order valence-electron chi connectivity index (χ4n) is 4.63. The number of piperidine rings is 1. The van der Waals surface area contributed by atoms with Gasteiger partial charge in [-0.2, -0.15) is 0 Å². The van der Waals surface area contributed by atoms with Gasteiger partial charge in [0.1, 0.15) is 5.54 Å². The Hall–Kier alpha value is -1.96. The van der Waals surface area contributed by atoms with Gasteiger partial charge in [-0.1, -0.05) is 27.2 Å². The summed E-state index contributed by atoms with van der Waals surface area (Å²) in [6.07, 6.45) is 4.28. The van der Waals surface area contributed by atoms with Crippen LogP contribution in [0.4, 0.5) is 4.79 Å². The van der Waals surface area contributed by atoms with Crippen molar-refractivity contribution in [3.8, 4) is 0 Å². The zero-order chi connectivity index (χ0) is 21.9. The predicted octanol–water partition coefficient (Wildman–Crippen LogP) is 3.37. The number of imide groups is 1. The molecule has 0 bridgehead atoms. The molecule has 8 heteroatoms. The Morgan fingerprint density at radius 2 is 2.03 bits per heavy atom. The van der Waals surface area contributed by atoms with Crippen LogP contribution in [0.1, 0.15) is 63.4 Å². The number of likely N-dealkylation sites (tertiary alicyclic amines) is 1. The van der Waals surface area contributed by atoms with Crippen molar-refractivity contribution in [2.75, 3.05) is 19.6 Å². The normalized spacial score (nSPS) is 23.7. The zero-order valence-electron chi connectivity index (χ0n) is 18.6. The van der Waals surface area contributed by atoms with Gasteiger partial charge in [0.05, 0.1) is 11.2 Å². The maximum absolute atomic E-state index is 13.4. The van der Waals surface area contributed by atoms with Gasteiger partial charge in [0.2, 0.25) is 5.91 Å². The molecule has 0 saturated carbocycles. The quantitative estimate of drug-likeness (QED) is 0.636. The summed E-state index contributed by atoms with van der Waals surface area (Å²) in [6, 6.07) is -0.292. The van der Waals surface area contributed by atoms with Gasteiger partial charge in [0, 0.05) is 37.4 Å². The van der Waals surface area contributed by atoms with Gasteiger partial charge in [0.25, 0.3) is 5.91 Å². The summed E-state index contributed by atoms with van der Waals surface area (Å²) in [5, 5.41) is 3.04. The van der Waals surface area contributed by atoms with Crippen LogP contribution in [0.5, 0.6) is 0 Å². The number of aromatic nitrogens is 1. The molecule has 4 amide bonds. The van der Waals surface area contributed by atoms with E-state index in [2.05, 4.69) is 24.1 Å². The average molecular weight is 435 g/mol. The summed E-state index contributed by atoms with van der Waals surface area (Å²) in [5.74, 6) is 0.545. The highest BCUT2D eigenvalue weighted by Gasteiger charge is 2.54. The molecular formula is C22H34N4O3S. The molecule has 2 fully saturated rings. The number of nitrogens with one attached hydrogen (secondary N) is 1. The number of carbonyl (C=O) groups is 3. The van der Waals surface area contributed by atoms with Crippen LogP contribution in [0.2, 0.25) is 0 Å². The van der Waals surface area contributed by atoms with Crippen molar-refractivity contribution in [3.63, 3.8) is 0 Å². The number of urea groups is 1. The van der Waals surface area contributed by atoms with E-state index in [1.165, 1.54) is 4.90 Å². The third-order valence-electron chi connectivity index (χ3n) is 6.93. The summed E-state index contributed by atoms with van der Waals surface area (Å²) in [5.41, 5.74) is 1.91. The number of thiazole rings is 1. The van der Waals surface area contributed by atoms with E-state index in [9.17, 15) is 14.4 Å². The Kier molecular flexibility index (Phi) is 7.16. The standard InChI is InChI=1S/C22H34N4O3S/c1-5-15(3)13-19(27)25-10-7-17(8-11-25)22(6-2)20(28)26(21(29)24-22)12-9-18-16(4)23-14-30-18/h14-15,17H,5-13H2,1-4H3,(H,24,29)/t15-,22-/m0/s1. The molecule has 2 aliphatic rings. The van der Waals surface area contributed by atoms with Crippen LogP contribution < -0.4 is 5.32 Å². The highest BCUT2D eigenvalue weighted by molar-refractivity contribution is 7.09. The van der Waals surface area contributed by atoms with E-state index in [-0.39, 0.29) is 23.8 Å². The second-order valence-corrected chi connectivity index (χ2v) is 9.63. The fraction of sp³-hybridized carbons (Fsp3) is 0.727. The molecule has 7 nitrogen and oxygen atoms in total. The lowest BCUT2D eigenvalue weighted by Gasteiger charge is -2.40. The average Bonchev–Trinajstić information content (AvgIpc) is 3.26. The molecule has 3 heterocycles. The van der Waals surface area contributed by atoms with Gasteiger partial charge >= 0.3 is 6.03 Å². The zero-order valence-corrected chi connectivity index (χ0v) is 19.4. The van der Waals surface area contributed by atoms with Crippen LogP contribution >= 0.6 is 11.3 Å². The minimum atomic E-state index is -0.842. The fourth-order valence-corrected chi connectivity index (χ4v) is 5.40. The molecule has 2 saturated heterocycles. The van der Waals surface area contributed by atoms with Crippen molar-refractivity contribution in [2.24, 2.45) is 11.8 Å². The molecule has 1 aromatic rings. The first-order chi connectivity index (χ1) is 14.3. The number of carbonyl (C=O) groups excluding carboxylic acids is 3. The van der Waals surface area contributed by atoms with E-state index >= 15 is 0 Å². The summed E-state index contributed by atoms with van der Waals surface area (Å²) >= 11 is 1.56. The monoisotopic (exact) mass is 434 g/mol. The molecule has 0 radical (unpaired) electrons. The largest absolute Gasteiger partial charge is 0.343 e. The number of hydrogen-bond acceptors (Lipinski definition) is 5. The maximum atomic E-state index is 13.4. The van der Waals surface area contributed by atoms with E-state index in [0.29, 0.717) is 44.8 Å². The third-order valence-corrected chi connectivity index (χ3v) is 7.93. The first-order valence-electron chi connectivity index (χ1n) is 11.1. The predicted molar refractivity (Wildman–Crippen MR) is 117 cm³/mol.